The van der Waals surface area contributed by atoms with Crippen LogP contribution in [0.2, 0.25) is 0 Å². The number of rotatable bonds is 6. The van der Waals surface area contributed by atoms with Crippen molar-refractivity contribution in [3.05, 3.63) is 49.0 Å². The largest absolute Gasteiger partial charge is 0.461 e. The van der Waals surface area contributed by atoms with E-state index in [1.165, 1.54) is 11.8 Å². The van der Waals surface area contributed by atoms with Crippen LogP contribution in [0, 0.1) is 0 Å². The lowest BCUT2D eigenvalue weighted by Crippen LogP contribution is -2.02. The number of fused-ring (bicyclic) bond motifs is 1. The number of alkyl halides is 2. The van der Waals surface area contributed by atoms with E-state index in [9.17, 15) is 8.78 Å². The van der Waals surface area contributed by atoms with Crippen LogP contribution in [0.25, 0.3) is 17.2 Å². The molecule has 11 heteroatoms. The molecule has 4 aromatic rings. The van der Waals surface area contributed by atoms with Gasteiger partial charge in [0.15, 0.2) is 16.6 Å². The first kappa shape index (κ1) is 16.4. The molecule has 0 radical (unpaired) electrons. The Labute approximate surface area is 149 Å². The highest BCUT2D eigenvalue weighted by Gasteiger charge is 2.19. The fourth-order valence-corrected chi connectivity index (χ4v) is 3.12. The monoisotopic (exact) mass is 375 g/mol. The normalized spacial score (nSPS) is 11.5. The van der Waals surface area contributed by atoms with Gasteiger partial charge in [-0.05, 0) is 36.0 Å². The van der Waals surface area contributed by atoms with Gasteiger partial charge in [-0.2, -0.15) is 9.61 Å². The summed E-state index contributed by atoms with van der Waals surface area (Å²) in [6.45, 7) is 4.18. The van der Waals surface area contributed by atoms with Crippen molar-refractivity contribution in [1.82, 2.24) is 34.6 Å². The predicted octanol–water partition coefficient (Wildman–Crippen LogP) is 3.25. The van der Waals surface area contributed by atoms with Crippen LogP contribution < -0.4 is 0 Å². The highest BCUT2D eigenvalue weighted by Crippen LogP contribution is 2.29. The number of furan rings is 1. The summed E-state index contributed by atoms with van der Waals surface area (Å²) in [6.07, 6.45) is 0.473. The van der Waals surface area contributed by atoms with E-state index in [4.69, 9.17) is 4.42 Å². The Bertz CT molecular complexity index is 1060. The Kier molecular flexibility index (Phi) is 4.21. The van der Waals surface area contributed by atoms with Gasteiger partial charge in [0.2, 0.25) is 11.6 Å². The first-order chi connectivity index (χ1) is 12.7. The summed E-state index contributed by atoms with van der Waals surface area (Å²) in [5, 5.41) is 20.6. The van der Waals surface area contributed by atoms with Crippen LogP contribution >= 0.6 is 11.8 Å². The van der Waals surface area contributed by atoms with E-state index < -0.39 is 12.2 Å². The van der Waals surface area contributed by atoms with Gasteiger partial charge in [-0.15, -0.1) is 27.0 Å². The molecule has 0 aliphatic rings. The van der Waals surface area contributed by atoms with Crippen LogP contribution in [0.5, 0.6) is 0 Å². The standard InChI is InChI=1S/C15H11F2N7OS/c1-2-7-23-13(9-4-3-8-25-9)19-21-15(23)26-11-6-5-10-18-20-14(12(16)17)24(10)22-11/h2-6,8,12H,1,7H2. The molecule has 0 bridgehead atoms. The second kappa shape index (κ2) is 6.67. The maximum atomic E-state index is 13.0. The van der Waals surface area contributed by atoms with Crippen LogP contribution in [0.4, 0.5) is 8.78 Å². The molecule has 4 rings (SSSR count). The molecule has 0 amide bonds. The zero-order valence-electron chi connectivity index (χ0n) is 13.2. The summed E-state index contributed by atoms with van der Waals surface area (Å²) in [4.78, 5) is 0. The van der Waals surface area contributed by atoms with E-state index in [1.54, 1.807) is 41.2 Å². The van der Waals surface area contributed by atoms with E-state index in [1.807, 2.05) is 0 Å². The minimum Gasteiger partial charge on any atom is -0.461 e. The first-order valence-electron chi connectivity index (χ1n) is 7.43. The van der Waals surface area contributed by atoms with Gasteiger partial charge in [-0.1, -0.05) is 6.08 Å². The van der Waals surface area contributed by atoms with Crippen molar-refractivity contribution in [1.29, 1.82) is 0 Å². The lowest BCUT2D eigenvalue weighted by Gasteiger charge is -2.06. The van der Waals surface area contributed by atoms with Crippen LogP contribution in [0.1, 0.15) is 12.2 Å². The average molecular weight is 375 g/mol. The Morgan fingerprint density at radius 3 is 2.81 bits per heavy atom. The highest BCUT2D eigenvalue weighted by molar-refractivity contribution is 7.99. The van der Waals surface area contributed by atoms with Gasteiger partial charge in [0, 0.05) is 6.54 Å². The first-order valence-corrected chi connectivity index (χ1v) is 8.25. The van der Waals surface area contributed by atoms with Crippen molar-refractivity contribution in [2.24, 2.45) is 0 Å². The van der Waals surface area contributed by atoms with Crippen LogP contribution in [0.3, 0.4) is 0 Å². The maximum absolute atomic E-state index is 13.0. The molecule has 0 N–H and O–H groups in total. The van der Waals surface area contributed by atoms with E-state index in [-0.39, 0.29) is 5.65 Å². The predicted molar refractivity (Wildman–Crippen MR) is 87.8 cm³/mol. The zero-order valence-corrected chi connectivity index (χ0v) is 14.0. The molecule has 4 aromatic heterocycles. The Morgan fingerprint density at radius 2 is 2.08 bits per heavy atom. The highest BCUT2D eigenvalue weighted by atomic mass is 32.2. The van der Waals surface area contributed by atoms with Gasteiger partial charge >= 0.3 is 0 Å². The number of hydrogen-bond donors (Lipinski definition) is 0. The van der Waals surface area contributed by atoms with Gasteiger partial charge in [0.1, 0.15) is 5.03 Å². The van der Waals surface area contributed by atoms with Crippen molar-refractivity contribution in [3.63, 3.8) is 0 Å². The number of hydrogen-bond acceptors (Lipinski definition) is 7. The third kappa shape index (κ3) is 2.86. The molecule has 0 aromatic carbocycles. The van der Waals surface area contributed by atoms with Crippen LogP contribution in [0.15, 0.2) is 57.8 Å². The number of allylic oxidation sites excluding steroid dienone is 1. The SMILES string of the molecule is C=CCn1c(Sc2ccc3nnc(C(F)F)n3n2)nnc1-c1ccco1. The molecule has 0 saturated heterocycles. The van der Waals surface area contributed by atoms with Crippen LogP contribution in [-0.4, -0.2) is 34.6 Å². The molecule has 26 heavy (non-hydrogen) atoms. The molecule has 0 fully saturated rings. The van der Waals surface area contributed by atoms with Gasteiger partial charge in [-0.25, -0.2) is 8.78 Å². The molecule has 132 valence electrons. The second-order valence-electron chi connectivity index (χ2n) is 5.09. The van der Waals surface area contributed by atoms with Crippen molar-refractivity contribution < 1.29 is 13.2 Å². The molecular weight excluding hydrogens is 364 g/mol. The van der Waals surface area contributed by atoms with Gasteiger partial charge in [-0.3, -0.25) is 4.57 Å². The molecule has 0 aliphatic heterocycles. The summed E-state index contributed by atoms with van der Waals surface area (Å²) in [7, 11) is 0. The third-order valence-corrected chi connectivity index (χ3v) is 4.34. The molecule has 0 atom stereocenters. The summed E-state index contributed by atoms with van der Waals surface area (Å²) in [5.41, 5.74) is 0.244. The zero-order chi connectivity index (χ0) is 18.1. The lowest BCUT2D eigenvalue weighted by atomic mass is 10.4. The third-order valence-electron chi connectivity index (χ3n) is 3.42. The summed E-state index contributed by atoms with van der Waals surface area (Å²) in [6, 6.07) is 6.75. The number of halogens is 2. The summed E-state index contributed by atoms with van der Waals surface area (Å²) in [5.74, 6) is 0.593. The molecule has 4 heterocycles. The average Bonchev–Trinajstić information content (AvgIpc) is 3.35. The number of nitrogens with zero attached hydrogens (tertiary/aromatic N) is 7. The molecule has 0 unspecified atom stereocenters. The van der Waals surface area contributed by atoms with E-state index in [0.29, 0.717) is 28.3 Å². The Balaban J connectivity index is 1.72. The van der Waals surface area contributed by atoms with Gasteiger partial charge < -0.3 is 4.42 Å². The van der Waals surface area contributed by atoms with Gasteiger partial charge in [0.05, 0.1) is 6.26 Å². The smallest absolute Gasteiger partial charge is 0.299 e. The molecule has 8 nitrogen and oxygen atoms in total. The van der Waals surface area contributed by atoms with Crippen molar-refractivity contribution in [2.75, 3.05) is 0 Å². The molecule has 0 spiro atoms. The fraction of sp³-hybridized carbons (Fsp3) is 0.133. The van der Waals surface area contributed by atoms with E-state index in [0.717, 1.165) is 4.52 Å². The molecular formula is C15H11F2N7OS. The minimum atomic E-state index is -2.77. The quantitative estimate of drug-likeness (QED) is 0.478. The maximum Gasteiger partial charge on any atom is 0.299 e. The fourth-order valence-electron chi connectivity index (χ4n) is 2.32. The topological polar surface area (TPSA) is 86.9 Å². The van der Waals surface area contributed by atoms with Gasteiger partial charge in [0.25, 0.3) is 6.43 Å². The minimum absolute atomic E-state index is 0.244. The summed E-state index contributed by atoms with van der Waals surface area (Å²) < 4.78 is 34.2. The van der Waals surface area contributed by atoms with E-state index in [2.05, 4.69) is 32.1 Å². The number of aromatic nitrogens is 7. The Morgan fingerprint density at radius 1 is 1.19 bits per heavy atom. The van der Waals surface area contributed by atoms with Crippen molar-refractivity contribution in [2.45, 2.75) is 23.2 Å². The molecule has 0 aliphatic carbocycles. The summed E-state index contributed by atoms with van der Waals surface area (Å²) >= 11 is 1.18. The van der Waals surface area contributed by atoms with Crippen LogP contribution in [-0.2, 0) is 6.54 Å². The van der Waals surface area contributed by atoms with E-state index >= 15 is 0 Å². The van der Waals surface area contributed by atoms with Crippen molar-refractivity contribution >= 4 is 17.4 Å². The van der Waals surface area contributed by atoms with Crippen molar-refractivity contribution in [3.8, 4) is 11.6 Å². The Hall–Kier alpha value is -3.08. The second-order valence-corrected chi connectivity index (χ2v) is 6.07. The lowest BCUT2D eigenvalue weighted by molar-refractivity contribution is 0.137. The molecule has 0 saturated carbocycles.